The average Bonchev–Trinajstić information content (AvgIpc) is 2.21. The van der Waals surface area contributed by atoms with Gasteiger partial charge in [-0.05, 0) is 25.9 Å². The fourth-order valence-corrected chi connectivity index (χ4v) is 1.91. The van der Waals surface area contributed by atoms with Crippen LogP contribution in [0.4, 0.5) is 0 Å². The third-order valence-electron chi connectivity index (χ3n) is 2.71. The Morgan fingerprint density at radius 3 is 2.00 bits per heavy atom. The van der Waals surface area contributed by atoms with Gasteiger partial charge in [0.15, 0.2) is 6.29 Å². The minimum atomic E-state index is -0.269. The first-order valence-electron chi connectivity index (χ1n) is 4.60. The molecule has 1 rings (SSSR count). The first-order chi connectivity index (χ1) is 6.29. The van der Waals surface area contributed by atoms with Crippen LogP contribution in [0.15, 0.2) is 0 Å². The molecule has 1 aliphatic heterocycles. The summed E-state index contributed by atoms with van der Waals surface area (Å²) in [6.07, 6.45) is 1.59. The van der Waals surface area contributed by atoms with Gasteiger partial charge in [0.2, 0.25) is 0 Å². The quantitative estimate of drug-likeness (QED) is 0.649. The van der Waals surface area contributed by atoms with Gasteiger partial charge in [0.1, 0.15) is 5.60 Å². The highest BCUT2D eigenvalue weighted by atomic mass is 16.7. The summed E-state index contributed by atoms with van der Waals surface area (Å²) >= 11 is 0. The minimum Gasteiger partial charge on any atom is -0.373 e. The lowest BCUT2D eigenvalue weighted by molar-refractivity contribution is -0.233. The maximum atomic E-state index is 5.53. The van der Waals surface area contributed by atoms with Crippen LogP contribution in [-0.2, 0) is 14.2 Å². The smallest absolute Gasteiger partial charge is 0.185 e. The zero-order valence-electron chi connectivity index (χ0n) is 8.63. The summed E-state index contributed by atoms with van der Waals surface area (Å²) in [7, 11) is 5.02. The van der Waals surface area contributed by atoms with Crippen molar-refractivity contribution in [1.82, 2.24) is 5.32 Å². The molecule has 0 atom stereocenters. The molecule has 1 aliphatic rings. The molecule has 0 aromatic rings. The molecule has 0 aromatic heterocycles. The molecule has 4 heteroatoms. The van der Waals surface area contributed by atoms with E-state index in [4.69, 9.17) is 14.2 Å². The van der Waals surface area contributed by atoms with Crippen molar-refractivity contribution >= 4 is 0 Å². The molecule has 0 radical (unpaired) electrons. The molecule has 0 aliphatic carbocycles. The van der Waals surface area contributed by atoms with Gasteiger partial charge in [0, 0.05) is 21.3 Å². The summed E-state index contributed by atoms with van der Waals surface area (Å²) in [6, 6.07) is 0. The van der Waals surface area contributed by atoms with Crippen LogP contribution in [0, 0.1) is 0 Å². The molecular weight excluding hydrogens is 170 g/mol. The number of piperidine rings is 1. The second kappa shape index (κ2) is 4.91. The summed E-state index contributed by atoms with van der Waals surface area (Å²) < 4.78 is 16.0. The molecule has 0 aromatic carbocycles. The molecule has 1 N–H and O–H groups in total. The number of hydrogen-bond acceptors (Lipinski definition) is 4. The largest absolute Gasteiger partial charge is 0.373 e. The van der Waals surface area contributed by atoms with E-state index in [1.54, 1.807) is 21.3 Å². The molecule has 0 saturated carbocycles. The van der Waals surface area contributed by atoms with E-state index < -0.39 is 0 Å². The third kappa shape index (κ3) is 2.20. The first kappa shape index (κ1) is 10.9. The molecule has 0 unspecified atom stereocenters. The number of nitrogens with one attached hydrogen (secondary N) is 1. The predicted octanol–water partition coefficient (Wildman–Crippen LogP) is 0.374. The fraction of sp³-hybridized carbons (Fsp3) is 1.00. The van der Waals surface area contributed by atoms with Crippen molar-refractivity contribution in [3.63, 3.8) is 0 Å². The van der Waals surface area contributed by atoms with Crippen LogP contribution >= 0.6 is 0 Å². The molecular formula is C9H19NO3. The van der Waals surface area contributed by atoms with E-state index in [0.29, 0.717) is 0 Å². The molecule has 1 heterocycles. The predicted molar refractivity (Wildman–Crippen MR) is 49.6 cm³/mol. The summed E-state index contributed by atoms with van der Waals surface area (Å²) in [5.74, 6) is 0. The van der Waals surface area contributed by atoms with Crippen LogP contribution in [0.1, 0.15) is 12.8 Å². The lowest BCUT2D eigenvalue weighted by Crippen LogP contribution is -2.53. The lowest BCUT2D eigenvalue weighted by Gasteiger charge is -2.40. The summed E-state index contributed by atoms with van der Waals surface area (Å²) in [6.45, 7) is 1.91. The zero-order valence-corrected chi connectivity index (χ0v) is 8.63. The molecule has 1 fully saturated rings. The molecule has 1 saturated heterocycles. The summed E-state index contributed by atoms with van der Waals surface area (Å²) in [4.78, 5) is 0. The Bertz CT molecular complexity index is 142. The van der Waals surface area contributed by atoms with Gasteiger partial charge < -0.3 is 19.5 Å². The first-order valence-corrected chi connectivity index (χ1v) is 4.60. The van der Waals surface area contributed by atoms with Crippen molar-refractivity contribution in [3.8, 4) is 0 Å². The van der Waals surface area contributed by atoms with Gasteiger partial charge in [-0.1, -0.05) is 0 Å². The number of rotatable bonds is 4. The van der Waals surface area contributed by atoms with E-state index in [-0.39, 0.29) is 11.9 Å². The van der Waals surface area contributed by atoms with Gasteiger partial charge in [-0.15, -0.1) is 0 Å². The number of hydrogen-bond donors (Lipinski definition) is 1. The van der Waals surface area contributed by atoms with E-state index in [0.717, 1.165) is 25.9 Å². The molecule has 78 valence electrons. The van der Waals surface area contributed by atoms with Gasteiger partial charge in [0.25, 0.3) is 0 Å². The van der Waals surface area contributed by atoms with Crippen LogP contribution in [0.5, 0.6) is 0 Å². The maximum Gasteiger partial charge on any atom is 0.185 e. The number of ether oxygens (including phenoxy) is 3. The molecule has 0 spiro atoms. The van der Waals surface area contributed by atoms with Crippen LogP contribution in [0.25, 0.3) is 0 Å². The zero-order chi connectivity index (χ0) is 9.73. The van der Waals surface area contributed by atoms with E-state index >= 15 is 0 Å². The molecule has 13 heavy (non-hydrogen) atoms. The fourth-order valence-electron chi connectivity index (χ4n) is 1.91. The van der Waals surface area contributed by atoms with Gasteiger partial charge in [-0.2, -0.15) is 0 Å². The molecule has 0 bridgehead atoms. The highest BCUT2D eigenvalue weighted by Gasteiger charge is 2.40. The highest BCUT2D eigenvalue weighted by Crippen LogP contribution is 2.28. The van der Waals surface area contributed by atoms with Crippen molar-refractivity contribution in [2.75, 3.05) is 34.4 Å². The van der Waals surface area contributed by atoms with Gasteiger partial charge in [0.05, 0.1) is 0 Å². The van der Waals surface area contributed by atoms with Crippen LogP contribution in [0.3, 0.4) is 0 Å². The Kier molecular flexibility index (Phi) is 4.12. The standard InChI is InChI=1S/C9H19NO3/c1-11-8(12-2)9(13-3)4-6-10-7-5-9/h8,10H,4-7H2,1-3H3. The second-order valence-corrected chi connectivity index (χ2v) is 3.32. The SMILES string of the molecule is COC(OC)C1(OC)CCNCC1. The Hall–Kier alpha value is -0.160. The van der Waals surface area contributed by atoms with Gasteiger partial charge in [-0.3, -0.25) is 0 Å². The van der Waals surface area contributed by atoms with Crippen molar-refractivity contribution in [3.05, 3.63) is 0 Å². The minimum absolute atomic E-state index is 0.264. The highest BCUT2D eigenvalue weighted by molar-refractivity contribution is 4.89. The summed E-state index contributed by atoms with van der Waals surface area (Å²) in [5, 5.41) is 3.29. The van der Waals surface area contributed by atoms with E-state index in [1.807, 2.05) is 0 Å². The van der Waals surface area contributed by atoms with E-state index in [2.05, 4.69) is 5.32 Å². The van der Waals surface area contributed by atoms with Crippen LogP contribution < -0.4 is 5.32 Å². The Labute approximate surface area is 79.5 Å². The second-order valence-electron chi connectivity index (χ2n) is 3.32. The average molecular weight is 189 g/mol. The van der Waals surface area contributed by atoms with Crippen molar-refractivity contribution in [2.45, 2.75) is 24.7 Å². The van der Waals surface area contributed by atoms with Crippen LogP contribution in [0.2, 0.25) is 0 Å². The monoisotopic (exact) mass is 189 g/mol. The Balaban J connectivity index is 2.64. The molecule has 0 amide bonds. The topological polar surface area (TPSA) is 39.7 Å². The maximum absolute atomic E-state index is 5.53. The van der Waals surface area contributed by atoms with E-state index in [9.17, 15) is 0 Å². The van der Waals surface area contributed by atoms with E-state index in [1.165, 1.54) is 0 Å². The Morgan fingerprint density at radius 1 is 1.08 bits per heavy atom. The molecule has 4 nitrogen and oxygen atoms in total. The Morgan fingerprint density at radius 2 is 1.62 bits per heavy atom. The van der Waals surface area contributed by atoms with Crippen molar-refractivity contribution < 1.29 is 14.2 Å². The van der Waals surface area contributed by atoms with Crippen LogP contribution in [-0.4, -0.2) is 46.3 Å². The van der Waals surface area contributed by atoms with Crippen molar-refractivity contribution in [1.29, 1.82) is 0 Å². The third-order valence-corrected chi connectivity index (χ3v) is 2.71. The summed E-state index contributed by atoms with van der Waals surface area (Å²) in [5.41, 5.74) is -0.269. The normalized spacial score (nSPS) is 22.2. The lowest BCUT2D eigenvalue weighted by atomic mass is 9.91. The van der Waals surface area contributed by atoms with Gasteiger partial charge >= 0.3 is 0 Å². The number of methoxy groups -OCH3 is 3. The van der Waals surface area contributed by atoms with Gasteiger partial charge in [-0.25, -0.2) is 0 Å². The van der Waals surface area contributed by atoms with Crippen molar-refractivity contribution in [2.24, 2.45) is 0 Å².